The van der Waals surface area contributed by atoms with Crippen LogP contribution in [0.15, 0.2) is 6.07 Å². The summed E-state index contributed by atoms with van der Waals surface area (Å²) in [6.45, 7) is 2.16. The molecule has 96 valence electrons. The number of aryl methyl sites for hydroxylation is 2. The Morgan fingerprint density at radius 2 is 2.12 bits per heavy atom. The Hall–Kier alpha value is -0.830. The van der Waals surface area contributed by atoms with Crippen molar-refractivity contribution in [1.29, 1.82) is 0 Å². The minimum Gasteiger partial charge on any atom is -0.327 e. The fraction of sp³-hybridized carbons (Fsp3) is 0.786. The van der Waals surface area contributed by atoms with Crippen molar-refractivity contribution in [2.75, 3.05) is 0 Å². The minimum atomic E-state index is 0.387. The second kappa shape index (κ2) is 5.67. The van der Waals surface area contributed by atoms with Gasteiger partial charge < -0.3 is 5.73 Å². The summed E-state index contributed by atoms with van der Waals surface area (Å²) in [6, 6.07) is 2.63. The van der Waals surface area contributed by atoms with Crippen molar-refractivity contribution in [2.24, 2.45) is 18.7 Å². The Morgan fingerprint density at radius 3 is 2.82 bits per heavy atom. The van der Waals surface area contributed by atoms with Gasteiger partial charge in [-0.05, 0) is 37.7 Å². The highest BCUT2D eigenvalue weighted by Gasteiger charge is 2.21. The average molecular weight is 235 g/mol. The molecule has 1 saturated carbocycles. The standard InChI is InChI=1S/C14H25N3/c1-3-12-10-13(17(2)16-12)9-11-7-5-4-6-8-14(11)15/h10-11,14H,3-9,15H2,1-2H3. The van der Waals surface area contributed by atoms with Gasteiger partial charge in [-0.3, -0.25) is 4.68 Å². The molecule has 1 aromatic rings. The molecule has 17 heavy (non-hydrogen) atoms. The highest BCUT2D eigenvalue weighted by molar-refractivity contribution is 5.11. The number of nitrogens with two attached hydrogens (primary N) is 1. The second-order valence-corrected chi connectivity index (χ2v) is 5.37. The molecule has 3 heteroatoms. The highest BCUT2D eigenvalue weighted by atomic mass is 15.3. The first-order valence-electron chi connectivity index (χ1n) is 6.98. The van der Waals surface area contributed by atoms with Gasteiger partial charge in [0, 0.05) is 18.8 Å². The number of nitrogens with zero attached hydrogens (tertiary/aromatic N) is 2. The van der Waals surface area contributed by atoms with Gasteiger partial charge in [-0.1, -0.05) is 26.2 Å². The maximum absolute atomic E-state index is 6.29. The van der Waals surface area contributed by atoms with E-state index in [4.69, 9.17) is 5.73 Å². The lowest BCUT2D eigenvalue weighted by Gasteiger charge is -2.21. The lowest BCUT2D eigenvalue weighted by Crippen LogP contribution is -2.30. The topological polar surface area (TPSA) is 43.8 Å². The fourth-order valence-electron chi connectivity index (χ4n) is 2.87. The zero-order valence-corrected chi connectivity index (χ0v) is 11.2. The quantitative estimate of drug-likeness (QED) is 0.818. The van der Waals surface area contributed by atoms with Crippen molar-refractivity contribution < 1.29 is 0 Å². The van der Waals surface area contributed by atoms with E-state index in [-0.39, 0.29) is 0 Å². The number of rotatable bonds is 3. The fourth-order valence-corrected chi connectivity index (χ4v) is 2.87. The monoisotopic (exact) mass is 235 g/mol. The van der Waals surface area contributed by atoms with Crippen molar-refractivity contribution in [1.82, 2.24) is 9.78 Å². The predicted molar refractivity (Wildman–Crippen MR) is 70.8 cm³/mol. The number of hydrogen-bond donors (Lipinski definition) is 1. The highest BCUT2D eigenvalue weighted by Crippen LogP contribution is 2.25. The first kappa shape index (κ1) is 12.6. The Labute approximate surface area is 104 Å². The molecule has 3 nitrogen and oxygen atoms in total. The molecule has 0 radical (unpaired) electrons. The molecule has 1 aliphatic rings. The van der Waals surface area contributed by atoms with Gasteiger partial charge in [0.1, 0.15) is 0 Å². The van der Waals surface area contributed by atoms with Crippen LogP contribution in [0.5, 0.6) is 0 Å². The summed E-state index contributed by atoms with van der Waals surface area (Å²) < 4.78 is 2.04. The summed E-state index contributed by atoms with van der Waals surface area (Å²) >= 11 is 0. The molecule has 0 spiro atoms. The summed E-state index contributed by atoms with van der Waals surface area (Å²) in [5, 5.41) is 4.52. The Kier molecular flexibility index (Phi) is 4.21. The Bertz CT molecular complexity index is 356. The number of hydrogen-bond acceptors (Lipinski definition) is 2. The van der Waals surface area contributed by atoms with Gasteiger partial charge >= 0.3 is 0 Å². The van der Waals surface area contributed by atoms with Crippen LogP contribution in [0.25, 0.3) is 0 Å². The largest absolute Gasteiger partial charge is 0.327 e. The average Bonchev–Trinajstić information content (AvgIpc) is 2.54. The van der Waals surface area contributed by atoms with Crippen LogP contribution in [0.1, 0.15) is 50.4 Å². The van der Waals surface area contributed by atoms with E-state index in [2.05, 4.69) is 25.1 Å². The molecule has 0 amide bonds. The van der Waals surface area contributed by atoms with Crippen molar-refractivity contribution in [3.63, 3.8) is 0 Å². The van der Waals surface area contributed by atoms with Gasteiger partial charge in [-0.25, -0.2) is 0 Å². The van der Waals surface area contributed by atoms with E-state index in [1.807, 2.05) is 4.68 Å². The SMILES string of the molecule is CCc1cc(CC2CCCCCC2N)n(C)n1. The van der Waals surface area contributed by atoms with Gasteiger partial charge in [0.25, 0.3) is 0 Å². The first-order valence-corrected chi connectivity index (χ1v) is 6.98. The van der Waals surface area contributed by atoms with E-state index >= 15 is 0 Å². The molecule has 1 aliphatic carbocycles. The lowest BCUT2D eigenvalue weighted by atomic mass is 9.91. The van der Waals surface area contributed by atoms with E-state index < -0.39 is 0 Å². The molecule has 2 rings (SSSR count). The molecule has 0 bridgehead atoms. The molecular weight excluding hydrogens is 210 g/mol. The van der Waals surface area contributed by atoms with Crippen molar-refractivity contribution in [3.05, 3.63) is 17.5 Å². The summed E-state index contributed by atoms with van der Waals surface area (Å²) in [5.74, 6) is 0.651. The Morgan fingerprint density at radius 1 is 1.35 bits per heavy atom. The molecule has 2 atom stereocenters. The molecule has 0 aromatic carbocycles. The molecule has 1 heterocycles. The van der Waals surface area contributed by atoms with Gasteiger partial charge in [0.05, 0.1) is 5.69 Å². The molecule has 1 aromatic heterocycles. The van der Waals surface area contributed by atoms with E-state index in [0.717, 1.165) is 12.8 Å². The van der Waals surface area contributed by atoms with Crippen molar-refractivity contribution in [3.8, 4) is 0 Å². The first-order chi connectivity index (χ1) is 8.20. The van der Waals surface area contributed by atoms with Crippen LogP contribution in [0.2, 0.25) is 0 Å². The maximum Gasteiger partial charge on any atom is 0.0624 e. The van der Waals surface area contributed by atoms with Gasteiger partial charge in [0.15, 0.2) is 0 Å². The Balaban J connectivity index is 2.05. The summed E-state index contributed by atoms with van der Waals surface area (Å²) in [7, 11) is 2.05. The van der Waals surface area contributed by atoms with Crippen molar-refractivity contribution >= 4 is 0 Å². The molecule has 1 fully saturated rings. The third kappa shape index (κ3) is 3.09. The third-order valence-electron chi connectivity index (χ3n) is 4.08. The van der Waals surface area contributed by atoms with E-state index in [0.29, 0.717) is 12.0 Å². The van der Waals surface area contributed by atoms with E-state index in [9.17, 15) is 0 Å². The number of aromatic nitrogens is 2. The summed E-state index contributed by atoms with van der Waals surface area (Å²) in [6.07, 6.45) is 8.61. The van der Waals surface area contributed by atoms with Crippen LogP contribution in [0, 0.1) is 5.92 Å². The molecule has 2 unspecified atom stereocenters. The van der Waals surface area contributed by atoms with E-state index in [1.54, 1.807) is 0 Å². The van der Waals surface area contributed by atoms with Crippen LogP contribution in [-0.4, -0.2) is 15.8 Å². The van der Waals surface area contributed by atoms with Gasteiger partial charge in [-0.15, -0.1) is 0 Å². The van der Waals surface area contributed by atoms with Crippen molar-refractivity contribution in [2.45, 2.75) is 57.9 Å². The molecular formula is C14H25N3. The summed E-state index contributed by atoms with van der Waals surface area (Å²) in [4.78, 5) is 0. The zero-order valence-electron chi connectivity index (χ0n) is 11.2. The normalized spacial score (nSPS) is 25.8. The molecule has 0 saturated heterocycles. The van der Waals surface area contributed by atoms with Gasteiger partial charge in [0.2, 0.25) is 0 Å². The van der Waals surface area contributed by atoms with Crippen LogP contribution in [-0.2, 0) is 19.9 Å². The minimum absolute atomic E-state index is 0.387. The van der Waals surface area contributed by atoms with Gasteiger partial charge in [-0.2, -0.15) is 5.10 Å². The lowest BCUT2D eigenvalue weighted by molar-refractivity contribution is 0.387. The molecule has 0 aliphatic heterocycles. The summed E-state index contributed by atoms with van der Waals surface area (Å²) in [5.41, 5.74) is 8.84. The third-order valence-corrected chi connectivity index (χ3v) is 4.08. The van der Waals surface area contributed by atoms with Crippen LogP contribution in [0.3, 0.4) is 0 Å². The maximum atomic E-state index is 6.29. The van der Waals surface area contributed by atoms with Crippen LogP contribution in [0.4, 0.5) is 0 Å². The smallest absolute Gasteiger partial charge is 0.0624 e. The second-order valence-electron chi connectivity index (χ2n) is 5.37. The van der Waals surface area contributed by atoms with Crippen LogP contribution >= 0.6 is 0 Å². The predicted octanol–water partition coefficient (Wildman–Crippen LogP) is 2.43. The van der Waals surface area contributed by atoms with E-state index in [1.165, 1.54) is 43.5 Å². The zero-order chi connectivity index (χ0) is 12.3. The van der Waals surface area contributed by atoms with Crippen LogP contribution < -0.4 is 5.73 Å². The molecule has 2 N–H and O–H groups in total.